The third-order valence-corrected chi connectivity index (χ3v) is 3.35. The Balaban J connectivity index is 1.93. The molecule has 7 nitrogen and oxygen atoms in total. The van der Waals surface area contributed by atoms with Crippen LogP contribution >= 0.6 is 0 Å². The minimum atomic E-state index is -0.287. The van der Waals surface area contributed by atoms with E-state index in [-0.39, 0.29) is 11.7 Å². The lowest BCUT2D eigenvalue weighted by molar-refractivity contribution is 0.860. The molecule has 108 valence electrons. The number of aryl methyl sites for hydroxylation is 1. The van der Waals surface area contributed by atoms with Crippen LogP contribution in [0.4, 0.5) is 11.5 Å². The molecule has 7 heteroatoms. The maximum Gasteiger partial charge on any atom is 0.349 e. The van der Waals surface area contributed by atoms with Crippen LogP contribution < -0.4 is 16.7 Å². The number of hydrogen-bond donors (Lipinski definition) is 3. The molecule has 0 aliphatic rings. The first kappa shape index (κ1) is 13.2. The molecule has 0 radical (unpaired) electrons. The molecule has 2 heterocycles. The minimum absolute atomic E-state index is 0.0357. The Morgan fingerprint density at radius 2 is 2.19 bits per heavy atom. The van der Waals surface area contributed by atoms with Gasteiger partial charge in [-0.15, -0.1) is 0 Å². The SMILES string of the molecule is Cc1nc(NC(C)c2cccc(N)c2)cc2n[nH]c(=O)n12. The number of nitrogen functional groups attached to an aromatic ring is 1. The quantitative estimate of drug-likeness (QED) is 0.632. The summed E-state index contributed by atoms with van der Waals surface area (Å²) in [6.45, 7) is 3.78. The number of nitrogens with zero attached hydrogens (tertiary/aromatic N) is 3. The molecule has 0 spiro atoms. The van der Waals surface area contributed by atoms with Crippen LogP contribution in [0.1, 0.15) is 24.4 Å². The number of nitrogens with two attached hydrogens (primary N) is 1. The predicted octanol–water partition coefficient (Wildman–Crippen LogP) is 1.48. The van der Waals surface area contributed by atoms with Crippen molar-refractivity contribution in [1.82, 2.24) is 19.6 Å². The molecule has 2 aromatic heterocycles. The number of hydrogen-bond acceptors (Lipinski definition) is 5. The van der Waals surface area contributed by atoms with Crippen molar-refractivity contribution in [1.29, 1.82) is 0 Å². The van der Waals surface area contributed by atoms with Crippen LogP contribution in [0.15, 0.2) is 35.1 Å². The molecule has 1 aromatic carbocycles. The lowest BCUT2D eigenvalue weighted by atomic mass is 10.1. The van der Waals surface area contributed by atoms with E-state index in [1.54, 1.807) is 13.0 Å². The van der Waals surface area contributed by atoms with E-state index in [1.165, 1.54) is 4.40 Å². The van der Waals surface area contributed by atoms with E-state index in [4.69, 9.17) is 5.73 Å². The molecule has 0 saturated carbocycles. The summed E-state index contributed by atoms with van der Waals surface area (Å²) < 4.78 is 1.43. The summed E-state index contributed by atoms with van der Waals surface area (Å²) in [4.78, 5) is 15.9. The van der Waals surface area contributed by atoms with Gasteiger partial charge in [-0.25, -0.2) is 19.3 Å². The van der Waals surface area contributed by atoms with Crippen molar-refractivity contribution in [2.24, 2.45) is 0 Å². The van der Waals surface area contributed by atoms with E-state index in [2.05, 4.69) is 20.5 Å². The number of nitrogens with one attached hydrogen (secondary N) is 2. The fraction of sp³-hybridized carbons (Fsp3) is 0.214. The highest BCUT2D eigenvalue weighted by Gasteiger charge is 2.10. The van der Waals surface area contributed by atoms with Crippen molar-refractivity contribution < 1.29 is 0 Å². The van der Waals surface area contributed by atoms with Crippen molar-refractivity contribution in [3.63, 3.8) is 0 Å². The van der Waals surface area contributed by atoms with Crippen molar-refractivity contribution in [3.05, 3.63) is 52.2 Å². The van der Waals surface area contributed by atoms with Crippen LogP contribution in [0.5, 0.6) is 0 Å². The number of aromatic amines is 1. The van der Waals surface area contributed by atoms with Gasteiger partial charge in [-0.05, 0) is 31.5 Å². The molecule has 21 heavy (non-hydrogen) atoms. The summed E-state index contributed by atoms with van der Waals surface area (Å²) in [5.41, 5.74) is 7.83. The average molecular weight is 284 g/mol. The van der Waals surface area contributed by atoms with E-state index < -0.39 is 0 Å². The van der Waals surface area contributed by atoms with E-state index in [9.17, 15) is 4.79 Å². The molecule has 4 N–H and O–H groups in total. The Labute approximate surface area is 120 Å². The van der Waals surface area contributed by atoms with E-state index >= 15 is 0 Å². The van der Waals surface area contributed by atoms with Crippen LogP contribution in [0, 0.1) is 6.92 Å². The molecule has 0 aliphatic heterocycles. The lowest BCUT2D eigenvalue weighted by Crippen LogP contribution is -2.15. The first-order valence-corrected chi connectivity index (χ1v) is 6.61. The number of benzene rings is 1. The van der Waals surface area contributed by atoms with E-state index in [0.717, 1.165) is 11.3 Å². The van der Waals surface area contributed by atoms with Gasteiger partial charge in [0.1, 0.15) is 11.6 Å². The zero-order valence-electron chi connectivity index (χ0n) is 11.8. The first-order chi connectivity index (χ1) is 10.0. The Bertz CT molecular complexity index is 850. The van der Waals surface area contributed by atoms with E-state index in [1.807, 2.05) is 31.2 Å². The van der Waals surface area contributed by atoms with Crippen LogP contribution in [0.3, 0.4) is 0 Å². The predicted molar refractivity (Wildman–Crippen MR) is 81.2 cm³/mol. The standard InChI is InChI=1S/C14H16N6O/c1-8(10-4-3-5-11(15)6-10)16-12-7-13-18-19-14(21)20(13)9(2)17-12/h3-8,16H,15H2,1-2H3,(H,19,21). The van der Waals surface area contributed by atoms with Gasteiger partial charge in [0.15, 0.2) is 5.65 Å². The van der Waals surface area contributed by atoms with Crippen LogP contribution in [0.2, 0.25) is 0 Å². The average Bonchev–Trinajstić information content (AvgIpc) is 2.80. The molecule has 0 amide bonds. The smallest absolute Gasteiger partial charge is 0.349 e. The first-order valence-electron chi connectivity index (χ1n) is 6.61. The zero-order chi connectivity index (χ0) is 15.0. The number of fused-ring (bicyclic) bond motifs is 1. The molecule has 0 fully saturated rings. The second-order valence-electron chi connectivity index (χ2n) is 4.95. The minimum Gasteiger partial charge on any atom is -0.399 e. The summed E-state index contributed by atoms with van der Waals surface area (Å²) in [5.74, 6) is 1.24. The highest BCUT2D eigenvalue weighted by Crippen LogP contribution is 2.20. The Hall–Kier alpha value is -2.83. The fourth-order valence-corrected chi connectivity index (χ4v) is 2.31. The highest BCUT2D eigenvalue weighted by atomic mass is 16.1. The fourth-order valence-electron chi connectivity index (χ4n) is 2.31. The van der Waals surface area contributed by atoms with Gasteiger partial charge in [0, 0.05) is 11.8 Å². The number of anilines is 2. The van der Waals surface area contributed by atoms with Crippen molar-refractivity contribution in [2.45, 2.75) is 19.9 Å². The van der Waals surface area contributed by atoms with Gasteiger partial charge in [-0.1, -0.05) is 12.1 Å². The molecule has 0 aliphatic carbocycles. The number of aromatic nitrogens is 4. The van der Waals surface area contributed by atoms with Crippen molar-refractivity contribution in [2.75, 3.05) is 11.1 Å². The normalized spacial score (nSPS) is 12.5. The molecule has 3 rings (SSSR count). The largest absolute Gasteiger partial charge is 0.399 e. The van der Waals surface area contributed by atoms with Gasteiger partial charge in [-0.2, -0.15) is 5.10 Å². The third-order valence-electron chi connectivity index (χ3n) is 3.35. The van der Waals surface area contributed by atoms with Gasteiger partial charge in [0.05, 0.1) is 6.04 Å². The second kappa shape index (κ2) is 4.93. The molecular formula is C14H16N6O. The maximum absolute atomic E-state index is 11.6. The van der Waals surface area contributed by atoms with Gasteiger partial charge >= 0.3 is 5.69 Å². The van der Waals surface area contributed by atoms with Crippen molar-refractivity contribution in [3.8, 4) is 0 Å². The van der Waals surface area contributed by atoms with Crippen LogP contribution in [-0.4, -0.2) is 19.6 Å². The van der Waals surface area contributed by atoms with Gasteiger partial charge < -0.3 is 11.1 Å². The second-order valence-corrected chi connectivity index (χ2v) is 4.95. The van der Waals surface area contributed by atoms with Crippen LogP contribution in [0.25, 0.3) is 5.65 Å². The lowest BCUT2D eigenvalue weighted by Gasteiger charge is -2.15. The summed E-state index contributed by atoms with van der Waals surface area (Å²) in [6, 6.07) is 9.45. The Morgan fingerprint density at radius 1 is 1.38 bits per heavy atom. The molecule has 1 atom stereocenters. The van der Waals surface area contributed by atoms with Crippen LogP contribution in [-0.2, 0) is 0 Å². The van der Waals surface area contributed by atoms with Crippen molar-refractivity contribution >= 4 is 17.2 Å². The summed E-state index contributed by atoms with van der Waals surface area (Å²) in [7, 11) is 0. The highest BCUT2D eigenvalue weighted by molar-refractivity contribution is 5.51. The molecule has 0 saturated heterocycles. The topological polar surface area (TPSA) is 101 Å². The number of H-pyrrole nitrogens is 1. The molecule has 1 unspecified atom stereocenters. The number of rotatable bonds is 3. The summed E-state index contributed by atoms with van der Waals surface area (Å²) >= 11 is 0. The third kappa shape index (κ3) is 2.45. The molecule has 0 bridgehead atoms. The molecular weight excluding hydrogens is 268 g/mol. The Morgan fingerprint density at radius 3 is 2.95 bits per heavy atom. The molecule has 3 aromatic rings. The van der Waals surface area contributed by atoms with Gasteiger partial charge in [0.2, 0.25) is 0 Å². The zero-order valence-corrected chi connectivity index (χ0v) is 11.8. The monoisotopic (exact) mass is 284 g/mol. The Kier molecular flexibility index (Phi) is 3.09. The summed E-state index contributed by atoms with van der Waals surface area (Å²) in [6.07, 6.45) is 0. The summed E-state index contributed by atoms with van der Waals surface area (Å²) in [5, 5.41) is 9.66. The van der Waals surface area contributed by atoms with Gasteiger partial charge in [0.25, 0.3) is 0 Å². The maximum atomic E-state index is 11.6. The van der Waals surface area contributed by atoms with E-state index in [0.29, 0.717) is 17.3 Å². The van der Waals surface area contributed by atoms with Gasteiger partial charge in [-0.3, -0.25) is 0 Å².